The molecule has 0 aromatic heterocycles. The minimum atomic E-state index is -2.05. The summed E-state index contributed by atoms with van der Waals surface area (Å²) in [5, 5.41) is 157. The van der Waals surface area contributed by atoms with Gasteiger partial charge in [-0.1, -0.05) is 64.8 Å². The molecule has 1 aromatic rings. The zero-order valence-corrected chi connectivity index (χ0v) is 43.0. The van der Waals surface area contributed by atoms with Gasteiger partial charge >= 0.3 is 0 Å². The Kier molecular flexibility index (Phi) is 31.2. The molecule has 2 bridgehead atoms. The molecule has 3 rings (SSSR count). The summed E-state index contributed by atoms with van der Waals surface area (Å²) in [6.07, 6.45) is -13.2. The van der Waals surface area contributed by atoms with Crippen molar-refractivity contribution in [2.45, 2.75) is 169 Å². The molecular formula is C43H82N12O14S3. The Hall–Kier alpha value is -2.28. The maximum atomic E-state index is 14.0. The van der Waals surface area contributed by atoms with E-state index in [1.807, 2.05) is 18.2 Å². The van der Waals surface area contributed by atoms with Gasteiger partial charge in [-0.3, -0.25) is 51.8 Å². The molecular weight excluding hydrogens is 1000 g/mol. The van der Waals surface area contributed by atoms with E-state index in [-0.39, 0.29) is 54.8 Å². The molecule has 0 aliphatic carbocycles. The highest BCUT2D eigenvalue weighted by molar-refractivity contribution is 8.76. The molecule has 0 spiro atoms. The average Bonchev–Trinajstić information content (AvgIpc) is 3.31. The summed E-state index contributed by atoms with van der Waals surface area (Å²) < 4.78 is 0. The number of carbonyl (C=O) groups is 2. The summed E-state index contributed by atoms with van der Waals surface area (Å²) in [5.74, 6) is -2.22. The maximum Gasteiger partial charge on any atom is 0.243 e. The summed E-state index contributed by atoms with van der Waals surface area (Å²) in [4.78, 5) is 31.4. The number of benzene rings is 1. The van der Waals surface area contributed by atoms with Crippen LogP contribution in [0.2, 0.25) is 0 Å². The first-order chi connectivity index (χ1) is 34.2. The first-order valence-corrected chi connectivity index (χ1v) is 27.8. The monoisotopic (exact) mass is 1090 g/mol. The summed E-state index contributed by atoms with van der Waals surface area (Å²) in [5.41, 5.74) is 11.7. The number of carbonyl (C=O) groups excluding carboxylic acids is 2. The zero-order chi connectivity index (χ0) is 53.2. The van der Waals surface area contributed by atoms with Crippen molar-refractivity contribution < 1.29 is 70.9 Å². The van der Waals surface area contributed by atoms with Crippen LogP contribution < -0.4 is 59.3 Å². The van der Waals surface area contributed by atoms with Crippen LogP contribution in [0.3, 0.4) is 0 Å². The van der Waals surface area contributed by atoms with Gasteiger partial charge in [-0.15, -0.1) is 0 Å². The van der Waals surface area contributed by atoms with E-state index in [4.69, 9.17) is 11.5 Å². The number of aliphatic hydroxyl groups is 12. The molecule has 0 saturated carbocycles. The average molecular weight is 1090 g/mol. The van der Waals surface area contributed by atoms with Crippen LogP contribution >= 0.6 is 33.3 Å². The summed E-state index contributed by atoms with van der Waals surface area (Å²) in [6.45, 7) is 1.79. The first kappa shape index (κ1) is 64.0. The fourth-order valence-electron chi connectivity index (χ4n) is 7.81. The number of nitrogens with zero attached hydrogens (tertiary/aromatic N) is 1. The van der Waals surface area contributed by atoms with E-state index in [1.54, 1.807) is 19.1 Å². The van der Waals surface area contributed by atoms with Crippen LogP contribution in [0, 0.1) is 0 Å². The molecule has 29 heteroatoms. The second-order valence-corrected chi connectivity index (χ2v) is 21.6. The third-order valence-corrected chi connectivity index (χ3v) is 15.2. The Labute approximate surface area is 432 Å². The molecule has 2 fully saturated rings. The topological polar surface area (TPSA) is 450 Å². The molecule has 25 N–H and O–H groups in total. The van der Waals surface area contributed by atoms with Gasteiger partial charge in [-0.25, -0.2) is 0 Å². The van der Waals surface area contributed by atoms with Crippen molar-refractivity contribution in [3.05, 3.63) is 35.9 Å². The molecule has 2 aliphatic heterocycles. The number of thioether (sulfide) groups is 1. The molecule has 0 unspecified atom stereocenters. The number of hydrogen-bond acceptors (Lipinski definition) is 25. The lowest BCUT2D eigenvalue weighted by molar-refractivity contribution is -0.132. The molecule has 2 heterocycles. The molecule has 72 heavy (non-hydrogen) atoms. The molecule has 26 nitrogen and oxygen atoms in total. The summed E-state index contributed by atoms with van der Waals surface area (Å²) in [7, 11) is 2.21. The number of β-amino-alcohol motifs (C(OH)–C–C–N with tert-alkyl or cyclic N) is 1. The molecule has 15 atom stereocenters. The van der Waals surface area contributed by atoms with Crippen molar-refractivity contribution >= 4 is 51.1 Å². The second kappa shape index (κ2) is 35.1. The predicted molar refractivity (Wildman–Crippen MR) is 275 cm³/mol. The van der Waals surface area contributed by atoms with Gasteiger partial charge in [0.1, 0.15) is 49.6 Å². The van der Waals surface area contributed by atoms with E-state index in [1.165, 1.54) is 0 Å². The van der Waals surface area contributed by atoms with E-state index in [0.29, 0.717) is 19.4 Å². The lowest BCUT2D eigenvalue weighted by atomic mass is 10.0. The molecule has 416 valence electrons. The normalized spacial score (nSPS) is 31.7. The number of nitrogens with two attached hydrogens (primary N) is 2. The Bertz CT molecular complexity index is 1680. The van der Waals surface area contributed by atoms with Gasteiger partial charge in [-0.2, -0.15) is 11.8 Å². The van der Waals surface area contributed by atoms with Gasteiger partial charge < -0.3 is 83.4 Å². The van der Waals surface area contributed by atoms with Gasteiger partial charge in [0.05, 0.1) is 42.1 Å². The highest BCUT2D eigenvalue weighted by Gasteiger charge is 2.36. The van der Waals surface area contributed by atoms with Crippen molar-refractivity contribution in [1.29, 1.82) is 0 Å². The third kappa shape index (κ3) is 26.0. The smallest absolute Gasteiger partial charge is 0.243 e. The SMILES string of the molecule is C[C@H](O)CCCCCN[C@@H](O)[C@@H]1CSCC(=O)N[C@H](CC(O)O)C(=O)N[C@H]2CSSC[C@H](N[C@H](O)[C@@H](CC(O)O)N[C@@H](O)CN[C@H](O)[C@@H](CCCN=C(N)N)N[C@H]2O)[C@H](O)N[C@H](Cc2ccccc2)[C@@H](O)N1. The van der Waals surface area contributed by atoms with Crippen LogP contribution in [-0.4, -0.2) is 226 Å². The maximum absolute atomic E-state index is 14.0. The number of guanidine groups is 1. The van der Waals surface area contributed by atoms with Crippen LogP contribution in [0.5, 0.6) is 0 Å². The number of aliphatic imine (C=N–C) groups is 1. The Morgan fingerprint density at radius 1 is 0.722 bits per heavy atom. The number of unbranched alkanes of at least 4 members (excludes halogenated alkanes) is 2. The van der Waals surface area contributed by atoms with Gasteiger partial charge in [0.15, 0.2) is 18.5 Å². The Balaban J connectivity index is 2.11. The Morgan fingerprint density at radius 3 is 2.04 bits per heavy atom. The standard InChI is InChI=1S/C43H82N12O14S3/c1-23(56)9-4-3-7-13-46-37(64)29-19-70-22-33(58)50-28(17-35(61)62)40(67)54-30-20-71-72-21-31(42(69)52-26(38(65)53-29)15-24-10-5-2-6-11-24)55-39(66)27(16-34(59)60)49-32(57)18-48-36(63)25(51-41(30)68)12-8-14-47-43(44)45/h2,5-6,10-11,23,25-32,34-39,41-42,46,48-49,51-53,55-57,59-66,68-69H,3-4,7-9,12-22H2,1H3,(H,50,58)(H,54,67)(H4,44,45,47)/t23-,25+,26+,27+,28+,29-,30-,31-,32-,36+,37-,38+,39+,41-,42-/m0/s1. The highest BCUT2D eigenvalue weighted by Crippen LogP contribution is 2.26. The predicted octanol–water partition coefficient (Wildman–Crippen LogP) is -7.06. The van der Waals surface area contributed by atoms with E-state index in [0.717, 1.165) is 51.8 Å². The highest BCUT2D eigenvalue weighted by atomic mass is 33.1. The number of nitrogens with one attached hydrogen (secondary N) is 9. The fourth-order valence-corrected chi connectivity index (χ4v) is 11.2. The van der Waals surface area contributed by atoms with Gasteiger partial charge in [0.2, 0.25) is 11.8 Å². The first-order valence-electron chi connectivity index (χ1n) is 24.2. The number of hydrogen-bond donors (Lipinski definition) is 23. The quantitative estimate of drug-likeness (QED) is 0.0214. The van der Waals surface area contributed by atoms with Gasteiger partial charge in [-0.05, 0) is 51.1 Å². The Morgan fingerprint density at radius 2 is 1.38 bits per heavy atom. The fraction of sp³-hybridized carbons (Fsp3) is 0.791. The minimum Gasteiger partial charge on any atom is -0.393 e. The van der Waals surface area contributed by atoms with Crippen LogP contribution in [0.15, 0.2) is 35.3 Å². The van der Waals surface area contributed by atoms with E-state index in [2.05, 4.69) is 52.8 Å². The van der Waals surface area contributed by atoms with Gasteiger partial charge in [0, 0.05) is 49.2 Å². The van der Waals surface area contributed by atoms with Crippen LogP contribution in [0.4, 0.5) is 0 Å². The molecule has 1 aromatic carbocycles. The summed E-state index contributed by atoms with van der Waals surface area (Å²) >= 11 is 1.03. The minimum absolute atomic E-state index is 0.00424. The second-order valence-electron chi connectivity index (χ2n) is 18.0. The largest absolute Gasteiger partial charge is 0.393 e. The zero-order valence-electron chi connectivity index (χ0n) is 40.5. The van der Waals surface area contributed by atoms with E-state index < -0.39 is 136 Å². The van der Waals surface area contributed by atoms with Crippen molar-refractivity contribution in [2.75, 3.05) is 42.6 Å². The van der Waals surface area contributed by atoms with Gasteiger partial charge in [0.25, 0.3) is 0 Å². The van der Waals surface area contributed by atoms with Crippen molar-refractivity contribution in [1.82, 2.24) is 47.9 Å². The third-order valence-electron chi connectivity index (χ3n) is 11.7. The lowest BCUT2D eigenvalue weighted by Gasteiger charge is -2.36. The number of aliphatic hydroxyl groups excluding tert-OH is 10. The van der Waals surface area contributed by atoms with Crippen LogP contribution in [0.1, 0.15) is 63.9 Å². The van der Waals surface area contributed by atoms with E-state index >= 15 is 0 Å². The molecule has 2 amide bonds. The number of rotatable bonds is 18. The van der Waals surface area contributed by atoms with Crippen molar-refractivity contribution in [3.8, 4) is 0 Å². The van der Waals surface area contributed by atoms with Crippen LogP contribution in [-0.2, 0) is 16.0 Å². The van der Waals surface area contributed by atoms with Crippen molar-refractivity contribution in [2.24, 2.45) is 16.5 Å². The van der Waals surface area contributed by atoms with Crippen molar-refractivity contribution in [3.63, 3.8) is 0 Å². The summed E-state index contributed by atoms with van der Waals surface area (Å²) in [6, 6.07) is 0.858. The number of amides is 2. The molecule has 0 radical (unpaired) electrons. The number of fused-ring (bicyclic) bond motifs is 5. The molecule has 2 aliphatic rings. The molecule has 2 saturated heterocycles. The van der Waals surface area contributed by atoms with E-state index in [9.17, 15) is 70.9 Å². The van der Waals surface area contributed by atoms with Crippen LogP contribution in [0.25, 0.3) is 0 Å². The lowest BCUT2D eigenvalue weighted by Crippen LogP contribution is -2.64.